The third-order valence-corrected chi connectivity index (χ3v) is 5.63. The molecule has 7 nitrogen and oxygen atoms in total. The van der Waals surface area contributed by atoms with Gasteiger partial charge < -0.3 is 14.9 Å². The Bertz CT molecular complexity index is 656. The Balaban J connectivity index is 0.00000242. The van der Waals surface area contributed by atoms with Crippen LogP contribution in [0.25, 0.3) is 0 Å². The first-order chi connectivity index (χ1) is 9.78. The first kappa shape index (κ1) is 19.0. The van der Waals surface area contributed by atoms with Crippen LogP contribution in [0.2, 0.25) is 0 Å². The van der Waals surface area contributed by atoms with E-state index in [-0.39, 0.29) is 47.0 Å². The van der Waals surface area contributed by atoms with Crippen LogP contribution < -0.4 is 5.73 Å². The Hall–Kier alpha value is -1.09. The van der Waals surface area contributed by atoms with Crippen LogP contribution in [0.3, 0.4) is 0 Å². The minimum Gasteiger partial charge on any atom is -0.465 e. The van der Waals surface area contributed by atoms with Crippen LogP contribution in [0.4, 0.5) is 0 Å². The van der Waals surface area contributed by atoms with Gasteiger partial charge in [-0.1, -0.05) is 0 Å². The van der Waals surface area contributed by atoms with Gasteiger partial charge in [-0.05, 0) is 26.7 Å². The lowest BCUT2D eigenvalue weighted by Crippen LogP contribution is -2.45. The van der Waals surface area contributed by atoms with Crippen molar-refractivity contribution in [1.82, 2.24) is 4.31 Å². The molecule has 126 valence electrons. The number of sulfonamides is 1. The van der Waals surface area contributed by atoms with Crippen LogP contribution in [-0.2, 0) is 14.8 Å². The molecule has 0 aliphatic carbocycles. The highest BCUT2D eigenvalue weighted by molar-refractivity contribution is 7.89. The van der Waals surface area contributed by atoms with Crippen molar-refractivity contribution in [3.8, 4) is 0 Å². The summed E-state index contributed by atoms with van der Waals surface area (Å²) in [5.74, 6) is -0.296. The molecule has 1 aromatic rings. The summed E-state index contributed by atoms with van der Waals surface area (Å²) < 4.78 is 36.9. The summed E-state index contributed by atoms with van der Waals surface area (Å²) in [7, 11) is -2.63. The fraction of sp³-hybridized carbons (Fsp3) is 0.615. The molecular formula is C13H21ClN2O5S. The van der Waals surface area contributed by atoms with E-state index in [4.69, 9.17) is 10.2 Å². The molecule has 0 aromatic carbocycles. The number of nitrogens with zero attached hydrogens (tertiary/aromatic N) is 1. The molecule has 2 N–H and O–H groups in total. The topological polar surface area (TPSA) is 103 Å². The maximum Gasteiger partial charge on any atom is 0.342 e. The van der Waals surface area contributed by atoms with Gasteiger partial charge in [-0.25, -0.2) is 13.2 Å². The summed E-state index contributed by atoms with van der Waals surface area (Å²) >= 11 is 0. The summed E-state index contributed by atoms with van der Waals surface area (Å²) in [6, 6.07) is -0.191. The first-order valence-electron chi connectivity index (χ1n) is 6.73. The van der Waals surface area contributed by atoms with Crippen molar-refractivity contribution < 1.29 is 22.4 Å². The summed E-state index contributed by atoms with van der Waals surface area (Å²) in [4.78, 5) is 11.8. The van der Waals surface area contributed by atoms with E-state index < -0.39 is 16.0 Å². The Morgan fingerprint density at radius 2 is 2.00 bits per heavy atom. The van der Waals surface area contributed by atoms with Crippen molar-refractivity contribution in [3.05, 3.63) is 17.1 Å². The maximum absolute atomic E-state index is 12.8. The number of aryl methyl sites for hydroxylation is 2. The number of ether oxygens (including phenoxy) is 1. The number of methoxy groups -OCH3 is 1. The average Bonchev–Trinajstić information content (AvgIpc) is 2.73. The van der Waals surface area contributed by atoms with Gasteiger partial charge >= 0.3 is 5.97 Å². The summed E-state index contributed by atoms with van der Waals surface area (Å²) in [5, 5.41) is 0. The Morgan fingerprint density at radius 3 is 2.55 bits per heavy atom. The van der Waals surface area contributed by atoms with E-state index in [0.717, 1.165) is 6.42 Å². The second kappa shape index (κ2) is 6.99. The van der Waals surface area contributed by atoms with E-state index in [1.165, 1.54) is 18.3 Å². The quantitative estimate of drug-likeness (QED) is 0.820. The number of carbonyl (C=O) groups excluding carboxylic acids is 1. The van der Waals surface area contributed by atoms with Gasteiger partial charge in [0.15, 0.2) is 0 Å². The highest BCUT2D eigenvalue weighted by Crippen LogP contribution is 2.31. The minimum absolute atomic E-state index is 0. The molecule has 0 saturated carbocycles. The monoisotopic (exact) mass is 352 g/mol. The number of nitrogens with two attached hydrogens (primary N) is 1. The Kier molecular flexibility index (Phi) is 6.03. The third kappa shape index (κ3) is 3.29. The second-order valence-corrected chi connectivity index (χ2v) is 7.05. The lowest BCUT2D eigenvalue weighted by Gasteiger charge is -2.29. The molecule has 22 heavy (non-hydrogen) atoms. The molecule has 1 aliphatic rings. The zero-order chi connectivity index (χ0) is 15.8. The number of esters is 1. The van der Waals surface area contributed by atoms with Crippen LogP contribution >= 0.6 is 12.4 Å². The van der Waals surface area contributed by atoms with Crippen molar-refractivity contribution >= 4 is 28.4 Å². The van der Waals surface area contributed by atoms with E-state index in [2.05, 4.69) is 4.74 Å². The highest BCUT2D eigenvalue weighted by atomic mass is 35.5. The molecule has 2 heterocycles. The zero-order valence-corrected chi connectivity index (χ0v) is 14.4. The summed E-state index contributed by atoms with van der Waals surface area (Å²) in [5.41, 5.74) is 5.81. The fourth-order valence-electron chi connectivity index (χ4n) is 2.63. The van der Waals surface area contributed by atoms with Crippen molar-refractivity contribution in [1.29, 1.82) is 0 Å². The number of carbonyl (C=O) groups is 1. The van der Waals surface area contributed by atoms with Gasteiger partial charge in [-0.15, -0.1) is 12.4 Å². The van der Waals surface area contributed by atoms with Gasteiger partial charge in [0.05, 0.1) is 7.11 Å². The van der Waals surface area contributed by atoms with Crippen molar-refractivity contribution in [2.75, 3.05) is 20.2 Å². The molecule has 1 atom stereocenters. The number of hydrogen-bond donors (Lipinski definition) is 1. The molecule has 2 rings (SSSR count). The standard InChI is InChI=1S/C13H20N2O5S.ClH/c1-8-11(13(16)19-3)12(9(2)20-8)21(17,18)15-6-4-5-10(14)7-15;/h10H,4-7,14H2,1-3H3;1H/t10-;/m1./s1. The van der Waals surface area contributed by atoms with Crippen LogP contribution in [0, 0.1) is 13.8 Å². The first-order valence-corrected chi connectivity index (χ1v) is 8.17. The van der Waals surface area contributed by atoms with Crippen LogP contribution in [0.15, 0.2) is 9.31 Å². The maximum atomic E-state index is 12.8. The number of piperidine rings is 1. The van der Waals surface area contributed by atoms with E-state index in [1.807, 2.05) is 0 Å². The van der Waals surface area contributed by atoms with Gasteiger partial charge in [-0.2, -0.15) is 4.31 Å². The molecule has 0 unspecified atom stereocenters. The minimum atomic E-state index is -3.83. The average molecular weight is 353 g/mol. The lowest BCUT2D eigenvalue weighted by atomic mass is 10.1. The van der Waals surface area contributed by atoms with Crippen molar-refractivity contribution in [2.24, 2.45) is 5.73 Å². The van der Waals surface area contributed by atoms with Gasteiger partial charge in [0, 0.05) is 19.1 Å². The summed E-state index contributed by atoms with van der Waals surface area (Å²) in [6.45, 7) is 3.70. The van der Waals surface area contributed by atoms with Crippen LogP contribution in [0.1, 0.15) is 34.7 Å². The molecule has 0 bridgehead atoms. The molecular weight excluding hydrogens is 332 g/mol. The SMILES string of the molecule is COC(=O)c1c(C)oc(C)c1S(=O)(=O)N1CCC[C@@H](N)C1.Cl. The molecule has 0 amide bonds. The molecule has 0 spiro atoms. The van der Waals surface area contributed by atoms with Gasteiger partial charge in [0.25, 0.3) is 0 Å². The van der Waals surface area contributed by atoms with E-state index in [1.54, 1.807) is 6.92 Å². The number of rotatable bonds is 3. The van der Waals surface area contributed by atoms with Gasteiger partial charge in [0.2, 0.25) is 10.0 Å². The normalized spacial score (nSPS) is 19.5. The molecule has 9 heteroatoms. The van der Waals surface area contributed by atoms with Gasteiger partial charge in [-0.3, -0.25) is 0 Å². The molecule has 1 aromatic heterocycles. The number of hydrogen-bond acceptors (Lipinski definition) is 6. The van der Waals surface area contributed by atoms with Gasteiger partial charge in [0.1, 0.15) is 22.0 Å². The Morgan fingerprint density at radius 1 is 1.36 bits per heavy atom. The van der Waals surface area contributed by atoms with Crippen LogP contribution in [0.5, 0.6) is 0 Å². The van der Waals surface area contributed by atoms with Crippen molar-refractivity contribution in [2.45, 2.75) is 37.6 Å². The third-order valence-electron chi connectivity index (χ3n) is 3.61. The molecule has 1 aliphatic heterocycles. The van der Waals surface area contributed by atoms with Crippen LogP contribution in [-0.4, -0.2) is 44.9 Å². The predicted octanol–water partition coefficient (Wildman–Crippen LogP) is 1.22. The van der Waals surface area contributed by atoms with E-state index in [9.17, 15) is 13.2 Å². The predicted molar refractivity (Wildman–Crippen MR) is 82.7 cm³/mol. The van der Waals surface area contributed by atoms with E-state index >= 15 is 0 Å². The number of furan rings is 1. The fourth-order valence-corrected chi connectivity index (χ4v) is 4.54. The molecule has 1 fully saturated rings. The molecule has 1 saturated heterocycles. The largest absolute Gasteiger partial charge is 0.465 e. The smallest absolute Gasteiger partial charge is 0.342 e. The lowest BCUT2D eigenvalue weighted by molar-refractivity contribution is 0.0594. The second-order valence-electron chi connectivity index (χ2n) is 5.18. The zero-order valence-electron chi connectivity index (χ0n) is 12.8. The Labute approximate surface area is 136 Å². The van der Waals surface area contributed by atoms with E-state index in [0.29, 0.717) is 13.0 Å². The summed E-state index contributed by atoms with van der Waals surface area (Å²) in [6.07, 6.45) is 1.49. The highest BCUT2D eigenvalue weighted by Gasteiger charge is 2.37. The molecule has 0 radical (unpaired) electrons. The van der Waals surface area contributed by atoms with Crippen molar-refractivity contribution in [3.63, 3.8) is 0 Å². The number of halogens is 1.